The van der Waals surface area contributed by atoms with E-state index in [1.54, 1.807) is 16.8 Å². The van der Waals surface area contributed by atoms with E-state index >= 15 is 0 Å². The Hall–Kier alpha value is -2.18. The van der Waals surface area contributed by atoms with Crippen LogP contribution in [0, 0.1) is 0 Å². The maximum absolute atomic E-state index is 11.7. The summed E-state index contributed by atoms with van der Waals surface area (Å²) in [5.41, 5.74) is 6.62. The Bertz CT molecular complexity index is 707. The van der Waals surface area contributed by atoms with Crippen LogP contribution in [0.25, 0.3) is 0 Å². The zero-order valence-corrected chi connectivity index (χ0v) is 14.6. The van der Waals surface area contributed by atoms with Gasteiger partial charge in [0.2, 0.25) is 0 Å². The second-order valence-corrected chi connectivity index (χ2v) is 6.67. The molecule has 0 amide bonds. The van der Waals surface area contributed by atoms with Crippen molar-refractivity contribution in [1.29, 1.82) is 0 Å². The van der Waals surface area contributed by atoms with E-state index in [1.807, 2.05) is 0 Å². The van der Waals surface area contributed by atoms with E-state index in [1.165, 1.54) is 18.4 Å². The third kappa shape index (κ3) is 5.41. The number of nitrogens with one attached hydrogen (secondary N) is 1. The third-order valence-electron chi connectivity index (χ3n) is 4.74. The van der Waals surface area contributed by atoms with Crippen molar-refractivity contribution in [1.82, 2.24) is 19.8 Å². The molecule has 0 bridgehead atoms. The monoisotopic (exact) mass is 341 g/mol. The average Bonchev–Trinajstić information content (AvgIpc) is 2.62. The zero-order chi connectivity index (χ0) is 17.5. The van der Waals surface area contributed by atoms with Crippen molar-refractivity contribution >= 4 is 5.82 Å². The van der Waals surface area contributed by atoms with Crippen LogP contribution >= 0.6 is 0 Å². The molecule has 3 N–H and O–H groups in total. The summed E-state index contributed by atoms with van der Waals surface area (Å²) in [6, 6.07) is 12.9. The predicted molar refractivity (Wildman–Crippen MR) is 100 cm³/mol. The van der Waals surface area contributed by atoms with Crippen LogP contribution in [0.2, 0.25) is 0 Å². The maximum atomic E-state index is 11.7. The van der Waals surface area contributed by atoms with Crippen molar-refractivity contribution < 1.29 is 0 Å². The first kappa shape index (κ1) is 17.6. The molecule has 0 spiro atoms. The number of aromatic nitrogens is 2. The summed E-state index contributed by atoms with van der Waals surface area (Å²) >= 11 is 0. The first-order chi connectivity index (χ1) is 12.2. The van der Waals surface area contributed by atoms with Gasteiger partial charge in [0.15, 0.2) is 0 Å². The van der Waals surface area contributed by atoms with Gasteiger partial charge in [0, 0.05) is 25.3 Å². The Balaban J connectivity index is 1.33. The van der Waals surface area contributed by atoms with E-state index in [0.717, 1.165) is 32.6 Å². The summed E-state index contributed by atoms with van der Waals surface area (Å²) in [5, 5.41) is 3.62. The fourth-order valence-corrected chi connectivity index (χ4v) is 3.30. The summed E-state index contributed by atoms with van der Waals surface area (Å²) < 4.78 is 1.61. The molecule has 1 aliphatic heterocycles. The molecule has 1 aromatic heterocycles. The van der Waals surface area contributed by atoms with E-state index in [-0.39, 0.29) is 11.5 Å². The van der Waals surface area contributed by atoms with Gasteiger partial charge in [0.1, 0.15) is 5.82 Å². The van der Waals surface area contributed by atoms with Crippen molar-refractivity contribution in [3.8, 4) is 0 Å². The standard InChI is InChI=1S/C19H27N5O/c20-18-9-14-24(19(25)22-18)11-4-10-21-17-7-12-23(13-8-17)15-16-5-2-1-3-6-16/h1-3,5-6,9,14,17,21H,4,7-8,10-13,15H2,(H2,20,22,25). The van der Waals surface area contributed by atoms with Crippen LogP contribution in [-0.2, 0) is 13.1 Å². The lowest BCUT2D eigenvalue weighted by Crippen LogP contribution is -2.42. The number of nitrogens with two attached hydrogens (primary N) is 1. The number of benzene rings is 1. The van der Waals surface area contributed by atoms with E-state index < -0.39 is 0 Å². The van der Waals surface area contributed by atoms with Crippen molar-refractivity contribution in [3.63, 3.8) is 0 Å². The highest BCUT2D eigenvalue weighted by molar-refractivity contribution is 5.23. The zero-order valence-electron chi connectivity index (χ0n) is 14.6. The fourth-order valence-electron chi connectivity index (χ4n) is 3.30. The van der Waals surface area contributed by atoms with Crippen LogP contribution in [0.3, 0.4) is 0 Å². The van der Waals surface area contributed by atoms with Gasteiger partial charge in [0.25, 0.3) is 0 Å². The number of hydrogen-bond donors (Lipinski definition) is 2. The van der Waals surface area contributed by atoms with Crippen LogP contribution in [0.4, 0.5) is 5.82 Å². The van der Waals surface area contributed by atoms with Gasteiger partial charge in [-0.2, -0.15) is 4.98 Å². The molecule has 6 heteroatoms. The second-order valence-electron chi connectivity index (χ2n) is 6.67. The van der Waals surface area contributed by atoms with E-state index in [4.69, 9.17) is 5.73 Å². The lowest BCUT2D eigenvalue weighted by atomic mass is 10.0. The molecular formula is C19H27N5O. The van der Waals surface area contributed by atoms with Crippen LogP contribution < -0.4 is 16.7 Å². The summed E-state index contributed by atoms with van der Waals surface area (Å²) in [5.74, 6) is 0.279. The Morgan fingerprint density at radius 2 is 1.92 bits per heavy atom. The minimum absolute atomic E-state index is 0.269. The molecular weight excluding hydrogens is 314 g/mol. The minimum atomic E-state index is -0.269. The van der Waals surface area contributed by atoms with Gasteiger partial charge in [-0.25, -0.2) is 4.79 Å². The molecule has 3 rings (SSSR count). The normalized spacial score (nSPS) is 16.2. The van der Waals surface area contributed by atoms with E-state index in [9.17, 15) is 4.79 Å². The van der Waals surface area contributed by atoms with Gasteiger partial charge in [-0.1, -0.05) is 30.3 Å². The quantitative estimate of drug-likeness (QED) is 0.746. The van der Waals surface area contributed by atoms with Crippen LogP contribution in [-0.4, -0.2) is 40.1 Å². The molecule has 0 saturated carbocycles. The highest BCUT2D eigenvalue weighted by Crippen LogP contribution is 2.13. The van der Waals surface area contributed by atoms with Crippen LogP contribution in [0.5, 0.6) is 0 Å². The highest BCUT2D eigenvalue weighted by atomic mass is 16.1. The van der Waals surface area contributed by atoms with E-state index in [2.05, 4.69) is 45.5 Å². The first-order valence-electron chi connectivity index (χ1n) is 9.03. The van der Waals surface area contributed by atoms with Crippen molar-refractivity contribution in [2.45, 2.75) is 38.4 Å². The molecule has 25 heavy (non-hydrogen) atoms. The van der Waals surface area contributed by atoms with Gasteiger partial charge in [-0.05, 0) is 50.5 Å². The molecule has 1 aromatic carbocycles. The molecule has 1 fully saturated rings. The molecule has 134 valence electrons. The van der Waals surface area contributed by atoms with Crippen LogP contribution in [0.15, 0.2) is 47.4 Å². The first-order valence-corrected chi connectivity index (χ1v) is 9.03. The van der Waals surface area contributed by atoms with Crippen molar-refractivity contribution in [3.05, 3.63) is 58.6 Å². The third-order valence-corrected chi connectivity index (χ3v) is 4.74. The SMILES string of the molecule is Nc1ccn(CCCNC2CCN(Cc3ccccc3)CC2)c(=O)n1. The van der Waals surface area contributed by atoms with Crippen molar-refractivity contribution in [2.24, 2.45) is 0 Å². The summed E-state index contributed by atoms with van der Waals surface area (Å²) in [7, 11) is 0. The fraction of sp³-hybridized carbons (Fsp3) is 0.474. The molecule has 6 nitrogen and oxygen atoms in total. The second kappa shape index (κ2) is 8.78. The number of hydrogen-bond acceptors (Lipinski definition) is 5. The molecule has 2 heterocycles. The van der Waals surface area contributed by atoms with Gasteiger partial charge < -0.3 is 11.1 Å². The highest BCUT2D eigenvalue weighted by Gasteiger charge is 2.18. The smallest absolute Gasteiger partial charge is 0.349 e. The Labute approximate surface area is 148 Å². The molecule has 2 aromatic rings. The average molecular weight is 341 g/mol. The molecule has 0 aliphatic carbocycles. The number of aryl methyl sites for hydroxylation is 1. The van der Waals surface area contributed by atoms with Gasteiger partial charge in [-0.15, -0.1) is 0 Å². The van der Waals surface area contributed by atoms with Gasteiger partial charge in [-0.3, -0.25) is 9.47 Å². The van der Waals surface area contributed by atoms with E-state index in [0.29, 0.717) is 12.6 Å². The molecule has 0 radical (unpaired) electrons. The summed E-state index contributed by atoms with van der Waals surface area (Å²) in [6.45, 7) is 4.90. The van der Waals surface area contributed by atoms with Crippen molar-refractivity contribution in [2.75, 3.05) is 25.4 Å². The number of rotatable bonds is 7. The molecule has 1 aliphatic rings. The Morgan fingerprint density at radius 3 is 2.64 bits per heavy atom. The minimum Gasteiger partial charge on any atom is -0.383 e. The summed E-state index contributed by atoms with van der Waals surface area (Å²) in [6.07, 6.45) is 4.98. The predicted octanol–water partition coefficient (Wildman–Crippen LogP) is 1.47. The molecule has 0 atom stereocenters. The Kier molecular flexibility index (Phi) is 6.19. The summed E-state index contributed by atoms with van der Waals surface area (Å²) in [4.78, 5) is 17.9. The topological polar surface area (TPSA) is 76.2 Å². The van der Waals surface area contributed by atoms with Crippen LogP contribution in [0.1, 0.15) is 24.8 Å². The van der Waals surface area contributed by atoms with Gasteiger partial charge >= 0.3 is 5.69 Å². The Morgan fingerprint density at radius 1 is 1.16 bits per heavy atom. The number of nitrogen functional groups attached to an aromatic ring is 1. The number of piperidine rings is 1. The molecule has 0 unspecified atom stereocenters. The van der Waals surface area contributed by atoms with Gasteiger partial charge in [0.05, 0.1) is 0 Å². The number of likely N-dealkylation sites (tertiary alicyclic amines) is 1. The molecule has 1 saturated heterocycles. The number of nitrogens with zero attached hydrogens (tertiary/aromatic N) is 3. The lowest BCUT2D eigenvalue weighted by molar-refractivity contribution is 0.190. The number of anilines is 1. The largest absolute Gasteiger partial charge is 0.383 e. The lowest BCUT2D eigenvalue weighted by Gasteiger charge is -2.32. The maximum Gasteiger partial charge on any atom is 0.349 e.